The van der Waals surface area contributed by atoms with Crippen LogP contribution in [0.2, 0.25) is 0 Å². The summed E-state index contributed by atoms with van der Waals surface area (Å²) in [5.74, 6) is 0. The van der Waals surface area contributed by atoms with Crippen molar-refractivity contribution in [3.63, 3.8) is 0 Å². The van der Waals surface area contributed by atoms with E-state index in [9.17, 15) is 0 Å². The smallest absolute Gasteiger partial charge is 0.0971 e. The van der Waals surface area contributed by atoms with Gasteiger partial charge in [0.2, 0.25) is 0 Å². The molecule has 6 heterocycles. The van der Waals surface area contributed by atoms with Crippen molar-refractivity contribution in [3.8, 4) is 145 Å². The average molecular weight is 1920 g/mol. The molecule has 30 aromatic rings. The van der Waals surface area contributed by atoms with Crippen LogP contribution in [0, 0.1) is 0 Å². The summed E-state index contributed by atoms with van der Waals surface area (Å²) in [6.45, 7) is 0. The molecule has 0 aliphatic rings. The first-order valence-electron chi connectivity index (χ1n) is 50.4. The largest absolute Gasteiger partial charge is 0.309 e. The van der Waals surface area contributed by atoms with E-state index in [0.29, 0.717) is 0 Å². The lowest BCUT2D eigenvalue weighted by molar-refractivity contribution is 1.18. The molecule has 688 valence electrons. The number of aromatic nitrogens is 6. The quantitative estimate of drug-likeness (QED) is 0.102. The van der Waals surface area contributed by atoms with Gasteiger partial charge in [-0.25, -0.2) is 0 Å². The van der Waals surface area contributed by atoms with Crippen LogP contribution >= 0.6 is 22.7 Å². The van der Waals surface area contributed by atoms with Gasteiger partial charge in [-0.05, 0) is 290 Å². The number of benzene rings is 24. The third-order valence-electron chi connectivity index (χ3n) is 30.1. The Bertz CT molecular complexity index is 9900. The first-order chi connectivity index (χ1) is 73.3. The zero-order chi connectivity index (χ0) is 97.4. The molecule has 6 nitrogen and oxygen atoms in total. The second-order valence-corrected chi connectivity index (χ2v) is 40.7. The van der Waals surface area contributed by atoms with Gasteiger partial charge in [-0.2, -0.15) is 0 Å². The van der Waals surface area contributed by atoms with Crippen molar-refractivity contribution >= 4 is 172 Å². The van der Waals surface area contributed by atoms with Crippen molar-refractivity contribution in [3.05, 3.63) is 522 Å². The predicted molar refractivity (Wildman–Crippen MR) is 629 cm³/mol. The van der Waals surface area contributed by atoms with Crippen LogP contribution in [-0.4, -0.2) is 29.1 Å². The Morgan fingerprint density at radius 3 is 0.669 bits per heavy atom. The molecule has 0 atom stereocenters. The number of nitrogens with zero attached hydrogens (tertiary/aromatic N) is 6. The molecule has 0 N–H and O–H groups in total. The molecule has 0 aliphatic heterocycles. The van der Waals surface area contributed by atoms with Gasteiger partial charge in [0.1, 0.15) is 0 Å². The SMILES string of the molecule is c1cc(-c2cccc(-n3c4ccccc4c4ccccc43)c2)cc(-c2ccc3c4ccc(-c5cccc(-c6cccc(-n7c8ccccc8c8ccccc87)c6)c5)cc4c4nccnc4c3c2)c1.c1ccc(-c2ccc3sc4c(-c5cccc(-c6ccc7c8ccc(-c9cccc(-c%10cc(-c%11ccccc%11)cc%11c%10sc%10ccc(-c%12ccccc%12)cc%10%11)c9)cc8c8nccnc8c7c6)c5)cc(-c5ccccc5)cc4c3c2)cc1. The highest BCUT2D eigenvalue weighted by Gasteiger charge is 2.24. The number of hydrogen-bond acceptors (Lipinski definition) is 6. The third kappa shape index (κ3) is 14.8. The maximum Gasteiger partial charge on any atom is 0.0971 e. The van der Waals surface area contributed by atoms with Gasteiger partial charge in [-0.3, -0.25) is 19.9 Å². The Morgan fingerprint density at radius 2 is 0.358 bits per heavy atom. The Labute approximate surface area is 861 Å². The number of rotatable bonds is 14. The Morgan fingerprint density at radius 1 is 0.135 bits per heavy atom. The van der Waals surface area contributed by atoms with E-state index < -0.39 is 0 Å². The summed E-state index contributed by atoms with van der Waals surface area (Å²) in [4.78, 5) is 20.1. The maximum atomic E-state index is 5.08. The fourth-order valence-corrected chi connectivity index (χ4v) is 25.4. The van der Waals surface area contributed by atoms with Crippen LogP contribution in [0.4, 0.5) is 0 Å². The molecule has 0 radical (unpaired) electrons. The molecule has 8 heteroatoms. The molecule has 0 amide bonds. The molecule has 0 saturated heterocycles. The lowest BCUT2D eigenvalue weighted by atomic mass is 9.91. The Hall–Kier alpha value is -19.0. The fourth-order valence-electron chi connectivity index (χ4n) is 23.0. The van der Waals surface area contributed by atoms with Gasteiger partial charge in [0.15, 0.2) is 0 Å². The van der Waals surface area contributed by atoms with Crippen LogP contribution in [0.15, 0.2) is 522 Å². The van der Waals surface area contributed by atoms with Gasteiger partial charge in [0.25, 0.3) is 0 Å². The van der Waals surface area contributed by atoms with Gasteiger partial charge in [0, 0.05) is 131 Å². The Balaban J connectivity index is 0.000000141. The number of thiophene rings is 2. The summed E-state index contributed by atoms with van der Waals surface area (Å²) in [5, 5.41) is 19.2. The van der Waals surface area contributed by atoms with Crippen LogP contribution in [0.5, 0.6) is 0 Å². The summed E-state index contributed by atoms with van der Waals surface area (Å²) >= 11 is 3.76. The fraction of sp³-hybridized carbons (Fsp3) is 0. The predicted octanol–water partition coefficient (Wildman–Crippen LogP) is 38.8. The molecule has 6 aromatic heterocycles. The lowest BCUT2D eigenvalue weighted by Gasteiger charge is -2.14. The number of para-hydroxylation sites is 4. The normalized spacial score (nSPS) is 11.8. The van der Waals surface area contributed by atoms with Gasteiger partial charge in [-0.15, -0.1) is 22.7 Å². The molecule has 0 bridgehead atoms. The van der Waals surface area contributed by atoms with Crippen molar-refractivity contribution in [2.24, 2.45) is 0 Å². The average Bonchev–Trinajstić information content (AvgIpc) is 1.37. The van der Waals surface area contributed by atoms with E-state index in [-0.39, 0.29) is 0 Å². The van der Waals surface area contributed by atoms with Crippen molar-refractivity contribution in [2.75, 3.05) is 0 Å². The van der Waals surface area contributed by atoms with Gasteiger partial charge in [0.05, 0.1) is 44.1 Å². The van der Waals surface area contributed by atoms with E-state index in [2.05, 4.69) is 507 Å². The van der Waals surface area contributed by atoms with E-state index >= 15 is 0 Å². The van der Waals surface area contributed by atoms with Gasteiger partial charge >= 0.3 is 0 Å². The first-order valence-corrected chi connectivity index (χ1v) is 52.0. The molecule has 24 aromatic carbocycles. The minimum atomic E-state index is 0.900. The molecule has 148 heavy (non-hydrogen) atoms. The van der Waals surface area contributed by atoms with Crippen molar-refractivity contribution in [1.82, 2.24) is 29.1 Å². The second-order valence-electron chi connectivity index (χ2n) is 38.6. The van der Waals surface area contributed by atoms with Crippen molar-refractivity contribution < 1.29 is 0 Å². The Kier molecular flexibility index (Phi) is 20.6. The summed E-state index contributed by atoms with van der Waals surface area (Å²) < 4.78 is 9.92. The highest BCUT2D eigenvalue weighted by atomic mass is 32.1. The maximum absolute atomic E-state index is 5.08. The van der Waals surface area contributed by atoms with Crippen LogP contribution in [0.1, 0.15) is 0 Å². The van der Waals surface area contributed by atoms with Crippen LogP contribution in [-0.2, 0) is 0 Å². The monoisotopic (exact) mass is 1910 g/mol. The standard InChI is InChI=1S/C76H46N2S2.C64H40N4/c1-5-15-47(16-6-1)53-29-33-71-65(39-53)69-45-59(49-19-9-3-10-20-49)43-63(75(69)79-71)57-25-13-23-51(37-57)55-27-31-61-62-32-28-56(42-68(62)74-73(67(61)41-55)77-35-36-78-74)52-24-14-26-58(38-52)64-44-60(50-21-11-4-12-22-50)46-70-66-40-54(48-17-7-2-8-18-48)30-34-72(66)80-76(64)70;1-5-25-59-53(21-1)54-22-2-6-26-60(54)67(59)49-19-11-17-45(37-49)41-13-9-15-43(35-41)47-29-31-51-52-32-30-48(40-58(52)64-63(57(51)39-47)65-33-34-66-64)44-16-10-14-42(36-44)46-18-12-20-50(38-46)68-61-27-7-3-23-55(61)56-24-4-8-28-62(56)68/h1-46H;1-40H. The van der Waals surface area contributed by atoms with Crippen LogP contribution < -0.4 is 0 Å². The van der Waals surface area contributed by atoms with Crippen LogP contribution in [0.25, 0.3) is 294 Å². The molecule has 30 rings (SSSR count). The van der Waals surface area contributed by atoms with E-state index in [1.165, 1.54) is 173 Å². The molecular weight excluding hydrogens is 1830 g/mol. The number of fused-ring (bicyclic) bond motifs is 24. The lowest BCUT2D eigenvalue weighted by Crippen LogP contribution is -1.94. The summed E-state index contributed by atoms with van der Waals surface area (Å²) in [6.07, 6.45) is 7.28. The molecule has 0 fully saturated rings. The highest BCUT2D eigenvalue weighted by molar-refractivity contribution is 7.26. The molecular formula is C140H86N6S2. The molecule has 0 spiro atoms. The summed E-state index contributed by atoms with van der Waals surface area (Å²) in [5.41, 5.74) is 39.2. The minimum absolute atomic E-state index is 0.900. The third-order valence-corrected chi connectivity index (χ3v) is 32.5. The van der Waals surface area contributed by atoms with Crippen LogP contribution in [0.3, 0.4) is 0 Å². The molecule has 0 aliphatic carbocycles. The second kappa shape index (κ2) is 35.6. The molecule has 0 saturated carbocycles. The summed E-state index contributed by atoms with van der Waals surface area (Å²) in [6, 6.07) is 182. The van der Waals surface area contributed by atoms with Gasteiger partial charge in [-0.1, -0.05) is 352 Å². The number of hydrogen-bond donors (Lipinski definition) is 0. The topological polar surface area (TPSA) is 61.4 Å². The zero-order valence-electron chi connectivity index (χ0n) is 80.2. The van der Waals surface area contributed by atoms with Gasteiger partial charge < -0.3 is 9.13 Å². The first kappa shape index (κ1) is 85.8. The highest BCUT2D eigenvalue weighted by Crippen LogP contribution is 2.51. The van der Waals surface area contributed by atoms with Crippen molar-refractivity contribution in [2.45, 2.75) is 0 Å². The zero-order valence-corrected chi connectivity index (χ0v) is 81.8. The minimum Gasteiger partial charge on any atom is -0.309 e. The van der Waals surface area contributed by atoms with E-state index in [1.807, 2.05) is 47.5 Å². The van der Waals surface area contributed by atoms with E-state index in [4.69, 9.17) is 19.9 Å². The summed E-state index contributed by atoms with van der Waals surface area (Å²) in [7, 11) is 0. The van der Waals surface area contributed by atoms with E-state index in [1.54, 1.807) is 0 Å². The van der Waals surface area contributed by atoms with E-state index in [0.717, 1.165) is 121 Å². The molecule has 0 unspecified atom stereocenters. The van der Waals surface area contributed by atoms with Crippen molar-refractivity contribution in [1.29, 1.82) is 0 Å².